The minimum absolute atomic E-state index is 0.0198. The average molecular weight is 460 g/mol. The molecule has 1 aliphatic rings. The maximum absolute atomic E-state index is 13.3. The monoisotopic (exact) mass is 460 g/mol. The van der Waals surface area contributed by atoms with E-state index >= 15 is 0 Å². The van der Waals surface area contributed by atoms with Gasteiger partial charge in [-0.05, 0) is 47.9 Å². The summed E-state index contributed by atoms with van der Waals surface area (Å²) in [7, 11) is -4.03. The van der Waals surface area contributed by atoms with Gasteiger partial charge in [0.05, 0.1) is 10.5 Å². The summed E-state index contributed by atoms with van der Waals surface area (Å²) in [6.45, 7) is -0.0198. The molecule has 1 atom stereocenters. The Labute approximate surface area is 183 Å². The zero-order valence-corrected chi connectivity index (χ0v) is 17.5. The molecule has 1 amide bonds. The summed E-state index contributed by atoms with van der Waals surface area (Å²) in [4.78, 5) is 13.2. The van der Waals surface area contributed by atoms with Crippen LogP contribution in [-0.2, 0) is 34.0 Å². The number of hydrogen-bond donors (Lipinski definition) is 1. The van der Waals surface area contributed by atoms with Crippen LogP contribution in [0.4, 0.5) is 18.9 Å². The number of benzene rings is 3. The van der Waals surface area contributed by atoms with E-state index in [9.17, 15) is 26.4 Å². The molecule has 3 aromatic carbocycles. The Morgan fingerprint density at radius 1 is 0.906 bits per heavy atom. The van der Waals surface area contributed by atoms with Crippen LogP contribution in [-0.4, -0.2) is 24.7 Å². The number of hydrogen-bond acceptors (Lipinski definition) is 3. The van der Waals surface area contributed by atoms with Gasteiger partial charge in [-0.15, -0.1) is 0 Å². The number of nitrogens with zero attached hydrogens (tertiary/aromatic N) is 1. The van der Waals surface area contributed by atoms with Crippen LogP contribution in [0.3, 0.4) is 0 Å². The van der Waals surface area contributed by atoms with Crippen molar-refractivity contribution in [2.45, 2.75) is 30.1 Å². The number of fused-ring (bicyclic) bond motifs is 1. The van der Waals surface area contributed by atoms with Gasteiger partial charge in [-0.3, -0.25) is 4.79 Å². The number of rotatable bonds is 4. The summed E-state index contributed by atoms with van der Waals surface area (Å²) >= 11 is 0. The second-order valence-electron chi connectivity index (χ2n) is 7.42. The molecule has 0 saturated carbocycles. The standard InChI is InChI=1S/C23H19F3N2O3S/c24-23(25,26)18-9-6-10-19(14-18)27-22(29)21-13-16-7-4-5-8-17(16)15-28(21)32(30,31)20-11-2-1-3-12-20/h1-12,14,21H,13,15H2,(H,27,29). The Hall–Kier alpha value is -3.17. The summed E-state index contributed by atoms with van der Waals surface area (Å²) in [6, 6.07) is 18.1. The van der Waals surface area contributed by atoms with Crippen LogP contribution in [0.2, 0.25) is 0 Å². The van der Waals surface area contributed by atoms with Crippen molar-refractivity contribution in [3.8, 4) is 0 Å². The van der Waals surface area contributed by atoms with E-state index < -0.39 is 33.7 Å². The third kappa shape index (κ3) is 4.39. The topological polar surface area (TPSA) is 66.5 Å². The fraction of sp³-hybridized carbons (Fsp3) is 0.174. The van der Waals surface area contributed by atoms with Gasteiger partial charge in [0.25, 0.3) is 0 Å². The molecule has 4 rings (SSSR count). The van der Waals surface area contributed by atoms with Crippen LogP contribution >= 0.6 is 0 Å². The smallest absolute Gasteiger partial charge is 0.325 e. The number of anilines is 1. The van der Waals surface area contributed by atoms with Gasteiger partial charge >= 0.3 is 6.18 Å². The Morgan fingerprint density at radius 2 is 1.56 bits per heavy atom. The van der Waals surface area contributed by atoms with Crippen LogP contribution in [0.1, 0.15) is 16.7 Å². The van der Waals surface area contributed by atoms with Gasteiger partial charge in [0, 0.05) is 12.2 Å². The first-order valence-corrected chi connectivity index (χ1v) is 11.2. The molecule has 0 radical (unpaired) electrons. The molecule has 0 aromatic heterocycles. The van der Waals surface area contributed by atoms with Gasteiger partial charge < -0.3 is 5.32 Å². The molecular weight excluding hydrogens is 441 g/mol. The lowest BCUT2D eigenvalue weighted by Gasteiger charge is -2.35. The van der Waals surface area contributed by atoms with Crippen LogP contribution < -0.4 is 5.32 Å². The highest BCUT2D eigenvalue weighted by Gasteiger charge is 2.39. The van der Waals surface area contributed by atoms with E-state index in [1.54, 1.807) is 36.4 Å². The van der Waals surface area contributed by atoms with Crippen molar-refractivity contribution in [3.63, 3.8) is 0 Å². The first-order valence-electron chi connectivity index (χ1n) is 9.78. The number of sulfonamides is 1. The fourth-order valence-corrected chi connectivity index (χ4v) is 5.29. The van der Waals surface area contributed by atoms with Crippen molar-refractivity contribution in [2.75, 3.05) is 5.32 Å². The lowest BCUT2D eigenvalue weighted by molar-refractivity contribution is -0.137. The van der Waals surface area contributed by atoms with E-state index in [0.717, 1.165) is 27.6 Å². The summed E-state index contributed by atoms with van der Waals surface area (Å²) in [5.74, 6) is -0.696. The maximum Gasteiger partial charge on any atom is 0.416 e. The highest BCUT2D eigenvalue weighted by atomic mass is 32.2. The molecule has 166 valence electrons. The van der Waals surface area contributed by atoms with Crippen LogP contribution in [0.5, 0.6) is 0 Å². The minimum atomic E-state index is -4.56. The molecule has 5 nitrogen and oxygen atoms in total. The largest absolute Gasteiger partial charge is 0.416 e. The second kappa shape index (κ2) is 8.40. The first-order chi connectivity index (χ1) is 15.2. The number of alkyl halides is 3. The number of carbonyl (C=O) groups is 1. The lowest BCUT2D eigenvalue weighted by atomic mass is 9.95. The van der Waals surface area contributed by atoms with Crippen LogP contribution in [0.15, 0.2) is 83.8 Å². The van der Waals surface area contributed by atoms with Gasteiger partial charge in [0.2, 0.25) is 15.9 Å². The molecule has 3 aromatic rings. The van der Waals surface area contributed by atoms with Gasteiger partial charge in [-0.2, -0.15) is 17.5 Å². The Morgan fingerprint density at radius 3 is 2.25 bits per heavy atom. The van der Waals surface area contributed by atoms with Crippen molar-refractivity contribution in [2.24, 2.45) is 0 Å². The Kier molecular flexibility index (Phi) is 5.79. The van der Waals surface area contributed by atoms with Crippen molar-refractivity contribution < 1.29 is 26.4 Å². The second-order valence-corrected chi connectivity index (χ2v) is 9.31. The van der Waals surface area contributed by atoms with Gasteiger partial charge in [-0.25, -0.2) is 8.42 Å². The normalized spacial score (nSPS) is 16.9. The molecule has 0 fully saturated rings. The van der Waals surface area contributed by atoms with Gasteiger partial charge in [-0.1, -0.05) is 48.5 Å². The predicted octanol–water partition coefficient (Wildman–Crippen LogP) is 4.46. The number of halogens is 3. The summed E-state index contributed by atoms with van der Waals surface area (Å²) < 4.78 is 66.9. The summed E-state index contributed by atoms with van der Waals surface area (Å²) in [5, 5.41) is 2.46. The maximum atomic E-state index is 13.3. The lowest BCUT2D eigenvalue weighted by Crippen LogP contribution is -2.50. The molecule has 9 heteroatoms. The van der Waals surface area contributed by atoms with Gasteiger partial charge in [0.15, 0.2) is 0 Å². The highest BCUT2D eigenvalue weighted by Crippen LogP contribution is 2.32. The number of carbonyl (C=O) groups excluding carboxylic acids is 1. The molecule has 1 unspecified atom stereocenters. The fourth-order valence-electron chi connectivity index (χ4n) is 3.70. The van der Waals surface area contributed by atoms with Crippen LogP contribution in [0, 0.1) is 0 Å². The SMILES string of the molecule is O=C(Nc1cccc(C(F)(F)F)c1)C1Cc2ccccc2CN1S(=O)(=O)c1ccccc1. The van der Waals surface area contributed by atoms with E-state index in [0.29, 0.717) is 0 Å². The Bertz CT molecular complexity index is 1240. The molecule has 1 aliphatic heterocycles. The Balaban J connectivity index is 1.69. The number of amides is 1. The quantitative estimate of drug-likeness (QED) is 0.625. The molecule has 0 aliphatic carbocycles. The summed E-state index contributed by atoms with van der Waals surface area (Å²) in [6.07, 6.45) is -4.46. The van der Waals surface area contributed by atoms with Crippen molar-refractivity contribution in [1.29, 1.82) is 0 Å². The van der Waals surface area contributed by atoms with Crippen molar-refractivity contribution >= 4 is 21.6 Å². The van der Waals surface area contributed by atoms with Gasteiger partial charge in [0.1, 0.15) is 6.04 Å². The molecule has 32 heavy (non-hydrogen) atoms. The third-order valence-corrected chi connectivity index (χ3v) is 7.18. The molecule has 0 saturated heterocycles. The van der Waals surface area contributed by atoms with E-state index in [4.69, 9.17) is 0 Å². The third-order valence-electron chi connectivity index (χ3n) is 5.32. The minimum Gasteiger partial charge on any atom is -0.325 e. The average Bonchev–Trinajstić information content (AvgIpc) is 2.78. The van der Waals surface area contributed by atoms with Crippen LogP contribution in [0.25, 0.3) is 0 Å². The highest BCUT2D eigenvalue weighted by molar-refractivity contribution is 7.89. The van der Waals surface area contributed by atoms with Crippen molar-refractivity contribution in [1.82, 2.24) is 4.31 Å². The molecule has 1 heterocycles. The van der Waals surface area contributed by atoms with E-state index in [2.05, 4.69) is 5.32 Å². The van der Waals surface area contributed by atoms with Crippen molar-refractivity contribution in [3.05, 3.63) is 95.6 Å². The molecule has 0 spiro atoms. The summed E-state index contributed by atoms with van der Waals surface area (Å²) in [5.41, 5.74) is 0.630. The molecule has 1 N–H and O–H groups in total. The predicted molar refractivity (Wildman–Crippen MR) is 113 cm³/mol. The molecular formula is C23H19F3N2O3S. The van der Waals surface area contributed by atoms with E-state index in [1.165, 1.54) is 24.3 Å². The van der Waals surface area contributed by atoms with E-state index in [-0.39, 0.29) is 23.5 Å². The zero-order valence-electron chi connectivity index (χ0n) is 16.7. The molecule has 0 bridgehead atoms. The zero-order chi connectivity index (χ0) is 22.9. The van der Waals surface area contributed by atoms with E-state index in [1.807, 2.05) is 6.07 Å². The number of nitrogens with one attached hydrogen (secondary N) is 1. The first kappa shape index (κ1) is 22.0.